The number of carbonyl (C=O) groups excluding carboxylic acids is 1. The molecule has 0 fully saturated rings. The van der Waals surface area contributed by atoms with Gasteiger partial charge in [-0.3, -0.25) is 4.79 Å². The topological polar surface area (TPSA) is 73.6 Å². The average molecular weight is 238 g/mol. The fourth-order valence-electron chi connectivity index (χ4n) is 1.20. The lowest BCUT2D eigenvalue weighted by Gasteiger charge is -2.11. The predicted octanol–water partition coefficient (Wildman–Crippen LogP) is 1.64. The first-order valence-corrected chi connectivity index (χ1v) is 5.38. The van der Waals surface area contributed by atoms with Gasteiger partial charge in [0.15, 0.2) is 0 Å². The van der Waals surface area contributed by atoms with Crippen molar-refractivity contribution >= 4 is 17.3 Å². The summed E-state index contributed by atoms with van der Waals surface area (Å²) in [5.41, 5.74) is 6.76. The highest BCUT2D eigenvalue weighted by Crippen LogP contribution is 2.24. The Kier molecular flexibility index (Phi) is 4.78. The van der Waals surface area contributed by atoms with Crippen molar-refractivity contribution in [3.8, 4) is 5.75 Å². The standard InChI is InChI=1S/C12H18N2O3/c1-8(2)17-7-12(15)14-11-6-9(16-3)4-5-10(11)13/h4-6,8H,7,13H2,1-3H3,(H,14,15). The van der Waals surface area contributed by atoms with Gasteiger partial charge < -0.3 is 20.5 Å². The molecule has 94 valence electrons. The number of anilines is 2. The SMILES string of the molecule is COc1ccc(N)c(NC(=O)COC(C)C)c1. The van der Waals surface area contributed by atoms with Crippen LogP contribution in [0.1, 0.15) is 13.8 Å². The summed E-state index contributed by atoms with van der Waals surface area (Å²) in [6, 6.07) is 5.08. The zero-order valence-corrected chi connectivity index (χ0v) is 10.3. The molecule has 0 unspecified atom stereocenters. The fraction of sp³-hybridized carbons (Fsp3) is 0.417. The summed E-state index contributed by atoms with van der Waals surface area (Å²) < 4.78 is 10.2. The van der Waals surface area contributed by atoms with E-state index in [1.165, 1.54) is 0 Å². The lowest BCUT2D eigenvalue weighted by Crippen LogP contribution is -2.21. The molecule has 0 atom stereocenters. The summed E-state index contributed by atoms with van der Waals surface area (Å²) in [5.74, 6) is 0.401. The van der Waals surface area contributed by atoms with Crippen LogP contribution in [-0.4, -0.2) is 25.7 Å². The van der Waals surface area contributed by atoms with E-state index in [4.69, 9.17) is 15.2 Å². The first kappa shape index (κ1) is 13.3. The van der Waals surface area contributed by atoms with Crippen molar-refractivity contribution in [3.63, 3.8) is 0 Å². The molecule has 0 aliphatic carbocycles. The number of rotatable bonds is 5. The number of nitrogens with two attached hydrogens (primary N) is 1. The first-order chi connectivity index (χ1) is 8.02. The summed E-state index contributed by atoms with van der Waals surface area (Å²) in [6.45, 7) is 3.74. The van der Waals surface area contributed by atoms with Crippen molar-refractivity contribution < 1.29 is 14.3 Å². The zero-order chi connectivity index (χ0) is 12.8. The van der Waals surface area contributed by atoms with Crippen LogP contribution in [0.4, 0.5) is 11.4 Å². The van der Waals surface area contributed by atoms with E-state index in [2.05, 4.69) is 5.32 Å². The van der Waals surface area contributed by atoms with Crippen molar-refractivity contribution in [3.05, 3.63) is 18.2 Å². The van der Waals surface area contributed by atoms with Gasteiger partial charge in [-0.05, 0) is 26.0 Å². The fourth-order valence-corrected chi connectivity index (χ4v) is 1.20. The van der Waals surface area contributed by atoms with E-state index >= 15 is 0 Å². The van der Waals surface area contributed by atoms with Crippen molar-refractivity contribution in [2.75, 3.05) is 24.8 Å². The number of hydrogen-bond acceptors (Lipinski definition) is 4. The van der Waals surface area contributed by atoms with Crippen LogP contribution in [0, 0.1) is 0 Å². The number of methoxy groups -OCH3 is 1. The molecule has 1 aromatic carbocycles. The van der Waals surface area contributed by atoms with Crippen LogP contribution >= 0.6 is 0 Å². The molecule has 0 saturated carbocycles. The minimum atomic E-state index is -0.237. The average Bonchev–Trinajstić information content (AvgIpc) is 2.29. The Bertz CT molecular complexity index is 391. The van der Waals surface area contributed by atoms with E-state index in [0.29, 0.717) is 17.1 Å². The number of nitrogens with one attached hydrogen (secondary N) is 1. The summed E-state index contributed by atoms with van der Waals surface area (Å²) in [6.07, 6.45) is 0.0170. The van der Waals surface area contributed by atoms with Gasteiger partial charge in [0.25, 0.3) is 0 Å². The van der Waals surface area contributed by atoms with Gasteiger partial charge in [0.05, 0.1) is 24.6 Å². The number of ether oxygens (including phenoxy) is 2. The zero-order valence-electron chi connectivity index (χ0n) is 10.3. The second-order valence-corrected chi connectivity index (χ2v) is 3.86. The molecule has 5 nitrogen and oxygen atoms in total. The Labute approximate surface area is 101 Å². The normalized spacial score (nSPS) is 10.4. The Morgan fingerprint density at radius 1 is 1.47 bits per heavy atom. The molecule has 3 N–H and O–H groups in total. The lowest BCUT2D eigenvalue weighted by atomic mass is 10.2. The summed E-state index contributed by atoms with van der Waals surface area (Å²) in [7, 11) is 1.55. The molecule has 17 heavy (non-hydrogen) atoms. The van der Waals surface area contributed by atoms with Crippen molar-refractivity contribution in [2.45, 2.75) is 20.0 Å². The van der Waals surface area contributed by atoms with E-state index < -0.39 is 0 Å². The van der Waals surface area contributed by atoms with E-state index in [1.54, 1.807) is 25.3 Å². The van der Waals surface area contributed by atoms with Gasteiger partial charge in [-0.1, -0.05) is 0 Å². The minimum Gasteiger partial charge on any atom is -0.497 e. The quantitative estimate of drug-likeness (QED) is 0.765. The maximum Gasteiger partial charge on any atom is 0.250 e. The molecule has 0 spiro atoms. The maximum atomic E-state index is 11.5. The van der Waals surface area contributed by atoms with Gasteiger partial charge in [0, 0.05) is 6.07 Å². The second-order valence-electron chi connectivity index (χ2n) is 3.86. The molecule has 0 aromatic heterocycles. The Hall–Kier alpha value is -1.75. The number of nitrogen functional groups attached to an aromatic ring is 1. The predicted molar refractivity (Wildman–Crippen MR) is 67.1 cm³/mol. The molecular weight excluding hydrogens is 220 g/mol. The van der Waals surface area contributed by atoms with Gasteiger partial charge in [0.2, 0.25) is 5.91 Å². The molecule has 0 aliphatic heterocycles. The van der Waals surface area contributed by atoms with Crippen LogP contribution in [0.3, 0.4) is 0 Å². The smallest absolute Gasteiger partial charge is 0.250 e. The molecule has 1 amide bonds. The highest BCUT2D eigenvalue weighted by Gasteiger charge is 2.07. The first-order valence-electron chi connectivity index (χ1n) is 5.38. The van der Waals surface area contributed by atoms with Crippen LogP contribution in [0.15, 0.2) is 18.2 Å². The highest BCUT2D eigenvalue weighted by atomic mass is 16.5. The van der Waals surface area contributed by atoms with Crippen molar-refractivity contribution in [1.29, 1.82) is 0 Å². The largest absolute Gasteiger partial charge is 0.497 e. The van der Waals surface area contributed by atoms with Crippen molar-refractivity contribution in [1.82, 2.24) is 0 Å². The molecule has 0 heterocycles. The van der Waals surface area contributed by atoms with Crippen LogP contribution in [0.5, 0.6) is 5.75 Å². The third-order valence-electron chi connectivity index (χ3n) is 2.08. The van der Waals surface area contributed by atoms with Gasteiger partial charge >= 0.3 is 0 Å². The third-order valence-corrected chi connectivity index (χ3v) is 2.08. The summed E-state index contributed by atoms with van der Waals surface area (Å²) in [4.78, 5) is 11.5. The van der Waals surface area contributed by atoms with E-state index in [1.807, 2.05) is 13.8 Å². The molecule has 0 saturated heterocycles. The monoisotopic (exact) mass is 238 g/mol. The molecule has 0 radical (unpaired) electrons. The Morgan fingerprint density at radius 2 is 2.18 bits per heavy atom. The highest BCUT2D eigenvalue weighted by molar-refractivity contribution is 5.94. The minimum absolute atomic E-state index is 0.00825. The molecule has 1 aromatic rings. The molecule has 0 aliphatic rings. The summed E-state index contributed by atoms with van der Waals surface area (Å²) in [5, 5.41) is 2.67. The Balaban J connectivity index is 2.64. The summed E-state index contributed by atoms with van der Waals surface area (Å²) >= 11 is 0. The van der Waals surface area contributed by atoms with Gasteiger partial charge in [-0.15, -0.1) is 0 Å². The van der Waals surface area contributed by atoms with Crippen LogP contribution in [-0.2, 0) is 9.53 Å². The van der Waals surface area contributed by atoms with Gasteiger partial charge in [-0.25, -0.2) is 0 Å². The van der Waals surface area contributed by atoms with Crippen LogP contribution < -0.4 is 15.8 Å². The van der Waals surface area contributed by atoms with E-state index in [0.717, 1.165) is 0 Å². The third kappa shape index (κ3) is 4.32. The molecule has 0 bridgehead atoms. The number of carbonyl (C=O) groups is 1. The van der Waals surface area contributed by atoms with Crippen LogP contribution in [0.25, 0.3) is 0 Å². The number of hydrogen-bond donors (Lipinski definition) is 2. The number of benzene rings is 1. The van der Waals surface area contributed by atoms with E-state index in [-0.39, 0.29) is 18.6 Å². The van der Waals surface area contributed by atoms with Gasteiger partial charge in [0.1, 0.15) is 12.4 Å². The van der Waals surface area contributed by atoms with Gasteiger partial charge in [-0.2, -0.15) is 0 Å². The maximum absolute atomic E-state index is 11.5. The Morgan fingerprint density at radius 3 is 2.76 bits per heavy atom. The van der Waals surface area contributed by atoms with E-state index in [9.17, 15) is 4.79 Å². The lowest BCUT2D eigenvalue weighted by molar-refractivity contribution is -0.121. The number of amides is 1. The van der Waals surface area contributed by atoms with Crippen molar-refractivity contribution in [2.24, 2.45) is 0 Å². The molecular formula is C12H18N2O3. The van der Waals surface area contributed by atoms with Crippen LogP contribution in [0.2, 0.25) is 0 Å². The second kappa shape index (κ2) is 6.10. The molecule has 5 heteroatoms. The molecule has 1 rings (SSSR count).